The van der Waals surface area contributed by atoms with E-state index in [0.29, 0.717) is 17.0 Å². The van der Waals surface area contributed by atoms with Crippen LogP contribution in [0.2, 0.25) is 0 Å². The molecular formula is C24H17N3O6. The number of esters is 1. The van der Waals surface area contributed by atoms with Crippen LogP contribution < -0.4 is 5.32 Å². The topological polar surface area (TPSA) is 130 Å². The molecular weight excluding hydrogens is 426 g/mol. The zero-order valence-electron chi connectivity index (χ0n) is 17.4. The van der Waals surface area contributed by atoms with Crippen LogP contribution in [0.25, 0.3) is 0 Å². The molecule has 1 N–H and O–H groups in total. The van der Waals surface area contributed by atoms with E-state index in [0.717, 1.165) is 4.90 Å². The van der Waals surface area contributed by atoms with E-state index in [4.69, 9.17) is 14.4 Å². The minimum absolute atomic E-state index is 0.0245. The second-order valence-corrected chi connectivity index (χ2v) is 7.27. The van der Waals surface area contributed by atoms with Gasteiger partial charge in [-0.1, -0.05) is 6.07 Å². The minimum Gasteiger partial charge on any atom is -0.467 e. The van der Waals surface area contributed by atoms with Gasteiger partial charge in [0, 0.05) is 5.69 Å². The zero-order valence-corrected chi connectivity index (χ0v) is 17.4. The third kappa shape index (κ3) is 4.36. The number of ether oxygens (including phenoxy) is 1. The van der Waals surface area contributed by atoms with Crippen LogP contribution in [0.1, 0.15) is 49.3 Å². The van der Waals surface area contributed by atoms with Gasteiger partial charge in [0.25, 0.3) is 17.7 Å². The molecule has 164 valence electrons. The first kappa shape index (κ1) is 21.5. The number of carbonyl (C=O) groups excluding carboxylic acids is 4. The van der Waals surface area contributed by atoms with E-state index in [1.807, 2.05) is 6.07 Å². The molecule has 9 nitrogen and oxygen atoms in total. The Hall–Kier alpha value is -4.71. The van der Waals surface area contributed by atoms with Crippen LogP contribution in [0, 0.1) is 11.3 Å². The Bertz CT molecular complexity index is 1310. The van der Waals surface area contributed by atoms with Gasteiger partial charge in [-0.3, -0.25) is 19.3 Å². The van der Waals surface area contributed by atoms with Crippen LogP contribution >= 0.6 is 0 Å². The fraction of sp³-hybridized carbons (Fsp3) is 0.125. The predicted molar refractivity (Wildman–Crippen MR) is 114 cm³/mol. The van der Waals surface area contributed by atoms with E-state index >= 15 is 0 Å². The number of nitrogens with one attached hydrogen (secondary N) is 1. The van der Waals surface area contributed by atoms with Gasteiger partial charge in [-0.2, -0.15) is 5.26 Å². The second-order valence-electron chi connectivity index (χ2n) is 7.27. The number of fused-ring (bicyclic) bond motifs is 1. The van der Waals surface area contributed by atoms with E-state index in [-0.39, 0.29) is 23.2 Å². The molecule has 9 heteroatoms. The molecule has 0 saturated carbocycles. The van der Waals surface area contributed by atoms with E-state index in [1.54, 1.807) is 30.3 Å². The van der Waals surface area contributed by atoms with Gasteiger partial charge in [-0.05, 0) is 55.5 Å². The Morgan fingerprint density at radius 3 is 2.61 bits per heavy atom. The minimum atomic E-state index is -1.15. The molecule has 2 aromatic carbocycles. The van der Waals surface area contributed by atoms with Crippen molar-refractivity contribution in [3.8, 4) is 6.07 Å². The molecule has 1 aromatic heterocycles. The molecule has 2 heterocycles. The van der Waals surface area contributed by atoms with Gasteiger partial charge in [-0.25, -0.2) is 4.79 Å². The highest BCUT2D eigenvalue weighted by Crippen LogP contribution is 2.26. The van der Waals surface area contributed by atoms with Crippen LogP contribution in [0.15, 0.2) is 65.3 Å². The Balaban J connectivity index is 1.44. The average molecular weight is 443 g/mol. The number of anilines is 1. The van der Waals surface area contributed by atoms with Crippen molar-refractivity contribution in [1.82, 2.24) is 4.90 Å². The van der Waals surface area contributed by atoms with E-state index in [1.165, 1.54) is 37.5 Å². The van der Waals surface area contributed by atoms with Gasteiger partial charge in [0.1, 0.15) is 5.76 Å². The van der Waals surface area contributed by atoms with Crippen LogP contribution in [0.5, 0.6) is 0 Å². The number of furan rings is 1. The van der Waals surface area contributed by atoms with Gasteiger partial charge in [-0.15, -0.1) is 0 Å². The summed E-state index contributed by atoms with van der Waals surface area (Å²) < 4.78 is 10.4. The molecule has 0 aliphatic carbocycles. The maximum absolute atomic E-state index is 12.7. The molecule has 3 aromatic rings. The van der Waals surface area contributed by atoms with Crippen molar-refractivity contribution in [2.75, 3.05) is 5.32 Å². The summed E-state index contributed by atoms with van der Waals surface area (Å²) in [7, 11) is 0. The quantitative estimate of drug-likeness (QED) is 0.458. The van der Waals surface area contributed by atoms with Crippen LogP contribution in [-0.2, 0) is 16.1 Å². The summed E-state index contributed by atoms with van der Waals surface area (Å²) in [4.78, 5) is 51.3. The molecule has 3 amide bonds. The Morgan fingerprint density at radius 2 is 1.88 bits per heavy atom. The van der Waals surface area contributed by atoms with Gasteiger partial charge in [0.05, 0.1) is 41.1 Å². The maximum atomic E-state index is 12.7. The lowest BCUT2D eigenvalue weighted by Crippen LogP contribution is -2.30. The molecule has 0 unspecified atom stereocenters. The maximum Gasteiger partial charge on any atom is 0.338 e. The number of amides is 3. The fourth-order valence-corrected chi connectivity index (χ4v) is 3.31. The normalized spacial score (nSPS) is 13.3. The highest BCUT2D eigenvalue weighted by atomic mass is 16.5. The highest BCUT2D eigenvalue weighted by Gasteiger charge is 2.36. The van der Waals surface area contributed by atoms with E-state index in [9.17, 15) is 19.2 Å². The lowest BCUT2D eigenvalue weighted by molar-refractivity contribution is -0.123. The molecule has 1 aliphatic rings. The first-order valence-corrected chi connectivity index (χ1v) is 9.92. The Kier molecular flexibility index (Phi) is 5.74. The number of carbonyl (C=O) groups is 4. The number of nitrogens with zero attached hydrogens (tertiary/aromatic N) is 2. The summed E-state index contributed by atoms with van der Waals surface area (Å²) >= 11 is 0. The number of hydrogen-bond acceptors (Lipinski definition) is 7. The van der Waals surface area contributed by atoms with Crippen molar-refractivity contribution in [2.45, 2.75) is 19.6 Å². The summed E-state index contributed by atoms with van der Waals surface area (Å²) in [6.07, 6.45) is 0.295. The number of nitriles is 1. The summed E-state index contributed by atoms with van der Waals surface area (Å²) in [6, 6.07) is 15.6. The summed E-state index contributed by atoms with van der Waals surface area (Å²) in [5.74, 6) is -2.00. The van der Waals surface area contributed by atoms with Crippen molar-refractivity contribution in [1.29, 1.82) is 5.26 Å². The zero-order chi connectivity index (χ0) is 23.5. The van der Waals surface area contributed by atoms with Gasteiger partial charge < -0.3 is 14.5 Å². The molecule has 33 heavy (non-hydrogen) atoms. The van der Waals surface area contributed by atoms with Crippen molar-refractivity contribution in [3.05, 3.63) is 88.9 Å². The second kappa shape index (κ2) is 8.80. The first-order chi connectivity index (χ1) is 15.9. The van der Waals surface area contributed by atoms with E-state index in [2.05, 4.69) is 5.32 Å². The summed E-state index contributed by atoms with van der Waals surface area (Å²) in [6.45, 7) is 1.37. The fourth-order valence-electron chi connectivity index (χ4n) is 3.31. The Morgan fingerprint density at radius 1 is 1.09 bits per heavy atom. The van der Waals surface area contributed by atoms with Crippen LogP contribution in [0.3, 0.4) is 0 Å². The van der Waals surface area contributed by atoms with Crippen LogP contribution in [-0.4, -0.2) is 34.7 Å². The molecule has 1 aliphatic heterocycles. The lowest BCUT2D eigenvalue weighted by atomic mass is 10.1. The Labute approximate surface area is 188 Å². The molecule has 4 rings (SSSR count). The average Bonchev–Trinajstić information content (AvgIpc) is 3.42. The van der Waals surface area contributed by atoms with Gasteiger partial charge in [0.2, 0.25) is 0 Å². The summed E-state index contributed by atoms with van der Waals surface area (Å²) in [5.41, 5.74) is 1.04. The third-order valence-corrected chi connectivity index (χ3v) is 5.01. The highest BCUT2D eigenvalue weighted by molar-refractivity contribution is 6.21. The molecule has 0 bridgehead atoms. The number of rotatable bonds is 6. The van der Waals surface area contributed by atoms with Crippen molar-refractivity contribution < 1.29 is 28.3 Å². The number of imide groups is 1. The number of benzene rings is 2. The predicted octanol–water partition coefficient (Wildman–Crippen LogP) is 3.13. The van der Waals surface area contributed by atoms with Crippen molar-refractivity contribution in [3.63, 3.8) is 0 Å². The largest absolute Gasteiger partial charge is 0.467 e. The van der Waals surface area contributed by atoms with Gasteiger partial charge in [0.15, 0.2) is 6.10 Å². The smallest absolute Gasteiger partial charge is 0.338 e. The van der Waals surface area contributed by atoms with Crippen molar-refractivity contribution >= 4 is 29.4 Å². The monoisotopic (exact) mass is 443 g/mol. The molecule has 0 saturated heterocycles. The SMILES string of the molecule is C[C@H](OC(=O)c1ccc2c(c1)C(=O)N(Cc1ccco1)C2=O)C(=O)Nc1cccc(C#N)c1. The van der Waals surface area contributed by atoms with Crippen molar-refractivity contribution in [2.24, 2.45) is 0 Å². The molecule has 0 radical (unpaired) electrons. The third-order valence-electron chi connectivity index (χ3n) is 5.01. The molecule has 0 fully saturated rings. The van der Waals surface area contributed by atoms with E-state index < -0.39 is 29.8 Å². The first-order valence-electron chi connectivity index (χ1n) is 9.92. The molecule has 0 spiro atoms. The van der Waals surface area contributed by atoms with Crippen LogP contribution in [0.4, 0.5) is 5.69 Å². The standard InChI is InChI=1S/C24H17N3O6/c1-14(21(28)26-17-5-2-4-15(10-17)12-25)33-24(31)16-7-8-19-20(11-16)23(30)27(22(19)29)13-18-6-3-9-32-18/h2-11,14H,13H2,1H3,(H,26,28)/t14-/m0/s1. The lowest BCUT2D eigenvalue weighted by Gasteiger charge is -2.14. The molecule has 1 atom stereocenters. The number of hydrogen-bond donors (Lipinski definition) is 1. The van der Waals surface area contributed by atoms with Gasteiger partial charge >= 0.3 is 5.97 Å². The summed E-state index contributed by atoms with van der Waals surface area (Å²) in [5, 5.41) is 11.5.